The minimum absolute atomic E-state index is 0.0994. The lowest BCUT2D eigenvalue weighted by atomic mass is 10.0. The molecule has 1 saturated heterocycles. The molecular weight excluding hydrogens is 426 g/mol. The number of piperidine rings is 1. The van der Waals surface area contributed by atoms with Crippen molar-refractivity contribution in [1.82, 2.24) is 14.9 Å². The summed E-state index contributed by atoms with van der Waals surface area (Å²) in [4.78, 5) is 15.2. The highest BCUT2D eigenvalue weighted by atomic mass is 32.2. The monoisotopic (exact) mass is 459 g/mol. The van der Waals surface area contributed by atoms with Crippen LogP contribution in [0.25, 0.3) is 0 Å². The number of likely N-dealkylation sites (tertiary alicyclic amines) is 1. The summed E-state index contributed by atoms with van der Waals surface area (Å²) in [6, 6.07) is 14.2. The molecule has 1 aliphatic rings. The number of methoxy groups -OCH3 is 1. The van der Waals surface area contributed by atoms with E-state index in [2.05, 4.69) is 21.0 Å². The second-order valence-electron chi connectivity index (χ2n) is 9.22. The van der Waals surface area contributed by atoms with E-state index >= 15 is 0 Å². The van der Waals surface area contributed by atoms with E-state index in [0.29, 0.717) is 5.56 Å². The van der Waals surface area contributed by atoms with Gasteiger partial charge in [0.2, 0.25) is 10.0 Å². The predicted molar refractivity (Wildman–Crippen MR) is 125 cm³/mol. The van der Waals surface area contributed by atoms with E-state index in [1.807, 2.05) is 18.2 Å². The molecule has 1 amide bonds. The van der Waals surface area contributed by atoms with Crippen molar-refractivity contribution < 1.29 is 17.9 Å². The molecule has 0 saturated carbocycles. The molecule has 0 radical (unpaired) electrons. The van der Waals surface area contributed by atoms with Crippen LogP contribution in [0.3, 0.4) is 0 Å². The van der Waals surface area contributed by atoms with Crippen molar-refractivity contribution in [2.75, 3.05) is 20.2 Å². The van der Waals surface area contributed by atoms with Gasteiger partial charge in [-0.15, -0.1) is 0 Å². The Morgan fingerprint density at radius 3 is 2.28 bits per heavy atom. The van der Waals surface area contributed by atoms with Crippen LogP contribution in [-0.4, -0.2) is 51.0 Å². The van der Waals surface area contributed by atoms with Gasteiger partial charge in [-0.2, -0.15) is 0 Å². The topological polar surface area (TPSA) is 87.7 Å². The van der Waals surface area contributed by atoms with Gasteiger partial charge in [0.25, 0.3) is 5.91 Å². The summed E-state index contributed by atoms with van der Waals surface area (Å²) in [5.41, 5.74) is 1.04. The fourth-order valence-electron chi connectivity index (χ4n) is 3.83. The number of para-hydroxylation sites is 1. The molecular formula is C24H33N3O4S. The van der Waals surface area contributed by atoms with Crippen molar-refractivity contribution in [2.45, 2.75) is 56.6 Å². The molecule has 174 valence electrons. The summed E-state index contributed by atoms with van der Waals surface area (Å²) in [5.74, 6) is 0.715. The lowest BCUT2D eigenvalue weighted by molar-refractivity contribution is 0.0908. The zero-order chi connectivity index (χ0) is 23.4. The first-order valence-corrected chi connectivity index (χ1v) is 12.3. The number of carbonyl (C=O) groups excluding carboxylic acids is 1. The number of hydrogen-bond donors (Lipinski definition) is 2. The summed E-state index contributed by atoms with van der Waals surface area (Å²) in [6.45, 7) is 7.95. The van der Waals surface area contributed by atoms with E-state index in [1.165, 1.54) is 12.1 Å². The lowest BCUT2D eigenvalue weighted by Gasteiger charge is -2.32. The van der Waals surface area contributed by atoms with Crippen molar-refractivity contribution in [1.29, 1.82) is 0 Å². The highest BCUT2D eigenvalue weighted by Gasteiger charge is 2.24. The highest BCUT2D eigenvalue weighted by molar-refractivity contribution is 7.89. The summed E-state index contributed by atoms with van der Waals surface area (Å²) in [5, 5.41) is 3.08. The summed E-state index contributed by atoms with van der Waals surface area (Å²) < 4.78 is 32.9. The first kappa shape index (κ1) is 24.2. The van der Waals surface area contributed by atoms with Gasteiger partial charge < -0.3 is 10.1 Å². The molecule has 0 spiro atoms. The van der Waals surface area contributed by atoms with Gasteiger partial charge in [0.15, 0.2) is 0 Å². The molecule has 0 aromatic heterocycles. The predicted octanol–water partition coefficient (Wildman–Crippen LogP) is 3.17. The minimum atomic E-state index is -3.62. The Morgan fingerprint density at radius 2 is 1.69 bits per heavy atom. The van der Waals surface area contributed by atoms with Crippen molar-refractivity contribution in [3.63, 3.8) is 0 Å². The Kier molecular flexibility index (Phi) is 7.59. The van der Waals surface area contributed by atoms with Crippen LogP contribution >= 0.6 is 0 Å². The van der Waals surface area contributed by atoms with Crippen LogP contribution in [0.2, 0.25) is 0 Å². The first-order valence-electron chi connectivity index (χ1n) is 10.9. The zero-order valence-electron chi connectivity index (χ0n) is 19.2. The number of hydrogen-bond acceptors (Lipinski definition) is 5. The molecule has 1 aliphatic heterocycles. The summed E-state index contributed by atoms with van der Waals surface area (Å²) in [6.07, 6.45) is 1.73. The zero-order valence-corrected chi connectivity index (χ0v) is 20.0. The van der Waals surface area contributed by atoms with Gasteiger partial charge in [-0.25, -0.2) is 13.1 Å². The third kappa shape index (κ3) is 6.54. The third-order valence-electron chi connectivity index (χ3n) is 5.38. The third-order valence-corrected chi connectivity index (χ3v) is 7.15. The van der Waals surface area contributed by atoms with E-state index in [9.17, 15) is 13.2 Å². The second-order valence-corrected chi connectivity index (χ2v) is 10.9. The number of nitrogens with zero attached hydrogens (tertiary/aromatic N) is 1. The number of rotatable bonds is 7. The van der Waals surface area contributed by atoms with Crippen molar-refractivity contribution in [2.24, 2.45) is 0 Å². The van der Waals surface area contributed by atoms with E-state index in [0.717, 1.165) is 43.8 Å². The first-order chi connectivity index (χ1) is 15.1. The van der Waals surface area contributed by atoms with Crippen molar-refractivity contribution in [3.05, 3.63) is 59.7 Å². The van der Waals surface area contributed by atoms with Gasteiger partial charge in [-0.3, -0.25) is 9.69 Å². The Bertz CT molecular complexity index is 1020. The van der Waals surface area contributed by atoms with Crippen LogP contribution in [0.15, 0.2) is 53.4 Å². The van der Waals surface area contributed by atoms with E-state index in [-0.39, 0.29) is 16.8 Å². The van der Waals surface area contributed by atoms with Crippen LogP contribution in [0.1, 0.15) is 49.5 Å². The maximum Gasteiger partial charge on any atom is 0.251 e. The van der Waals surface area contributed by atoms with Gasteiger partial charge >= 0.3 is 0 Å². The number of sulfonamides is 1. The van der Waals surface area contributed by atoms with Crippen LogP contribution in [-0.2, 0) is 16.6 Å². The van der Waals surface area contributed by atoms with Gasteiger partial charge in [0, 0.05) is 42.3 Å². The Hall–Kier alpha value is -2.42. The number of ether oxygens (including phenoxy) is 1. The average Bonchev–Trinajstić information content (AvgIpc) is 2.74. The van der Waals surface area contributed by atoms with Crippen molar-refractivity contribution in [3.8, 4) is 5.75 Å². The van der Waals surface area contributed by atoms with Crippen LogP contribution in [0.4, 0.5) is 0 Å². The van der Waals surface area contributed by atoms with Gasteiger partial charge in [0.1, 0.15) is 5.75 Å². The van der Waals surface area contributed by atoms with Gasteiger partial charge in [0.05, 0.1) is 12.0 Å². The summed E-state index contributed by atoms with van der Waals surface area (Å²) >= 11 is 0. The molecule has 3 rings (SSSR count). The van der Waals surface area contributed by atoms with Gasteiger partial charge in [-0.05, 0) is 63.9 Å². The number of benzene rings is 2. The van der Waals surface area contributed by atoms with E-state index in [4.69, 9.17) is 4.74 Å². The maximum atomic E-state index is 12.7. The van der Waals surface area contributed by atoms with E-state index < -0.39 is 15.6 Å². The molecule has 0 atom stereocenters. The van der Waals surface area contributed by atoms with Crippen LogP contribution < -0.4 is 14.8 Å². The second kappa shape index (κ2) is 10.0. The molecule has 0 unspecified atom stereocenters. The number of carbonyl (C=O) groups is 1. The fraction of sp³-hybridized carbons (Fsp3) is 0.458. The molecule has 32 heavy (non-hydrogen) atoms. The lowest BCUT2D eigenvalue weighted by Crippen LogP contribution is -2.44. The quantitative estimate of drug-likeness (QED) is 0.664. The van der Waals surface area contributed by atoms with Crippen LogP contribution in [0.5, 0.6) is 5.75 Å². The molecule has 2 N–H and O–H groups in total. The van der Waals surface area contributed by atoms with Gasteiger partial charge in [-0.1, -0.05) is 18.2 Å². The molecule has 8 heteroatoms. The number of amides is 1. The largest absolute Gasteiger partial charge is 0.496 e. The van der Waals surface area contributed by atoms with Crippen molar-refractivity contribution >= 4 is 15.9 Å². The highest BCUT2D eigenvalue weighted by Crippen LogP contribution is 2.22. The molecule has 2 aromatic rings. The Balaban J connectivity index is 1.53. The SMILES string of the molecule is COc1ccccc1CN1CCC(NC(=O)c2ccc(S(=O)(=O)NC(C)(C)C)cc2)CC1. The molecule has 0 aliphatic carbocycles. The van der Waals surface area contributed by atoms with E-state index in [1.54, 1.807) is 40.0 Å². The molecule has 1 heterocycles. The average molecular weight is 460 g/mol. The Morgan fingerprint density at radius 1 is 1.06 bits per heavy atom. The van der Waals surface area contributed by atoms with Crippen LogP contribution in [0, 0.1) is 0 Å². The smallest absolute Gasteiger partial charge is 0.251 e. The molecule has 1 fully saturated rings. The fourth-order valence-corrected chi connectivity index (χ4v) is 5.24. The molecule has 2 aromatic carbocycles. The minimum Gasteiger partial charge on any atom is -0.496 e. The maximum absolute atomic E-state index is 12.7. The standard InChI is InChI=1S/C24H33N3O4S/c1-24(2,3)26-32(29,30)21-11-9-18(10-12-21)23(28)25-20-13-15-27(16-14-20)17-19-7-5-6-8-22(19)31-4/h5-12,20,26H,13-17H2,1-4H3,(H,25,28). The molecule has 0 bridgehead atoms. The molecule has 7 nitrogen and oxygen atoms in total. The Labute approximate surface area is 191 Å². The normalized spacial score (nSPS) is 16.0. The summed E-state index contributed by atoms with van der Waals surface area (Å²) in [7, 11) is -1.94. The number of nitrogens with one attached hydrogen (secondary N) is 2.